The Bertz CT molecular complexity index is 461. The highest BCUT2D eigenvalue weighted by molar-refractivity contribution is 7.14. The van der Waals surface area contributed by atoms with Crippen LogP contribution in [0.1, 0.15) is 45.8 Å². The minimum Gasteiger partial charge on any atom is -0.395 e. The Morgan fingerprint density at radius 2 is 2.35 bits per heavy atom. The van der Waals surface area contributed by atoms with Crippen LogP contribution in [-0.4, -0.2) is 35.1 Å². The fourth-order valence-corrected chi connectivity index (χ4v) is 3.67. The molecule has 1 atom stereocenters. The van der Waals surface area contributed by atoms with Crippen molar-refractivity contribution in [1.82, 2.24) is 10.3 Å². The van der Waals surface area contributed by atoms with E-state index >= 15 is 0 Å². The van der Waals surface area contributed by atoms with E-state index < -0.39 is 0 Å². The number of amides is 1. The molecule has 0 saturated carbocycles. The zero-order chi connectivity index (χ0) is 14.5. The van der Waals surface area contributed by atoms with Gasteiger partial charge in [0.15, 0.2) is 0 Å². The molecule has 1 amide bonds. The van der Waals surface area contributed by atoms with Gasteiger partial charge in [0.25, 0.3) is 5.91 Å². The Morgan fingerprint density at radius 1 is 1.55 bits per heavy atom. The van der Waals surface area contributed by atoms with Crippen LogP contribution in [0.4, 0.5) is 0 Å². The highest BCUT2D eigenvalue weighted by Crippen LogP contribution is 2.25. The molecular weight excluding hydrogens is 274 g/mol. The van der Waals surface area contributed by atoms with Crippen molar-refractivity contribution in [3.63, 3.8) is 0 Å². The summed E-state index contributed by atoms with van der Waals surface area (Å²) in [6.45, 7) is 4.04. The van der Waals surface area contributed by atoms with Gasteiger partial charge in [-0.1, -0.05) is 12.8 Å². The van der Waals surface area contributed by atoms with Crippen molar-refractivity contribution >= 4 is 17.2 Å². The van der Waals surface area contributed by atoms with E-state index in [2.05, 4.69) is 10.3 Å². The summed E-state index contributed by atoms with van der Waals surface area (Å²) in [5.41, 5.74) is 3.33. The number of nitrogen functional groups attached to an aromatic ring is 1. The first-order chi connectivity index (χ1) is 9.65. The number of carbonyl (C=O) groups is 1. The van der Waals surface area contributed by atoms with E-state index in [1.165, 1.54) is 30.6 Å². The van der Waals surface area contributed by atoms with Gasteiger partial charge < -0.3 is 5.11 Å². The van der Waals surface area contributed by atoms with Crippen LogP contribution < -0.4 is 11.3 Å². The molecule has 1 saturated heterocycles. The summed E-state index contributed by atoms with van der Waals surface area (Å²) in [6, 6.07) is 2.16. The topological polar surface area (TPSA) is 78.6 Å². The maximum Gasteiger partial charge on any atom is 0.275 e. The number of thiophene rings is 1. The quantitative estimate of drug-likeness (QED) is 0.446. The molecule has 20 heavy (non-hydrogen) atoms. The molecule has 4 N–H and O–H groups in total. The average Bonchev–Trinajstić information content (AvgIpc) is 2.68. The monoisotopic (exact) mass is 297 g/mol. The first-order valence-electron chi connectivity index (χ1n) is 7.11. The number of carbonyl (C=O) groups excluding carboxylic acids is 1. The zero-order valence-electron chi connectivity index (χ0n) is 11.9. The molecule has 1 aromatic rings. The van der Waals surface area contributed by atoms with Crippen molar-refractivity contribution in [3.8, 4) is 0 Å². The van der Waals surface area contributed by atoms with E-state index in [1.54, 1.807) is 0 Å². The van der Waals surface area contributed by atoms with E-state index in [0.29, 0.717) is 4.88 Å². The first-order valence-corrected chi connectivity index (χ1v) is 7.92. The van der Waals surface area contributed by atoms with Gasteiger partial charge in [0.1, 0.15) is 0 Å². The number of nitrogens with one attached hydrogen (secondary N) is 1. The number of hydrazine groups is 1. The number of nitrogens with zero attached hydrogens (tertiary/aromatic N) is 1. The van der Waals surface area contributed by atoms with Gasteiger partial charge in [-0.15, -0.1) is 11.3 Å². The molecule has 0 spiro atoms. The second kappa shape index (κ2) is 7.17. The number of nitrogens with two attached hydrogens (primary N) is 1. The summed E-state index contributed by atoms with van der Waals surface area (Å²) in [7, 11) is 0. The number of rotatable bonds is 4. The lowest BCUT2D eigenvalue weighted by atomic mass is 10.1. The third-order valence-electron chi connectivity index (χ3n) is 3.96. The summed E-state index contributed by atoms with van der Waals surface area (Å²) in [5, 5.41) is 9.55. The van der Waals surface area contributed by atoms with Crippen LogP contribution in [-0.2, 0) is 6.54 Å². The lowest BCUT2D eigenvalue weighted by Gasteiger charge is -2.28. The molecule has 0 radical (unpaired) electrons. The van der Waals surface area contributed by atoms with Gasteiger partial charge in [0, 0.05) is 17.5 Å². The van der Waals surface area contributed by atoms with E-state index in [9.17, 15) is 9.90 Å². The Morgan fingerprint density at radius 3 is 3.05 bits per heavy atom. The summed E-state index contributed by atoms with van der Waals surface area (Å²) in [4.78, 5) is 15.7. The van der Waals surface area contributed by atoms with Gasteiger partial charge in [-0.3, -0.25) is 15.1 Å². The largest absolute Gasteiger partial charge is 0.395 e. The van der Waals surface area contributed by atoms with Crippen LogP contribution in [0.5, 0.6) is 0 Å². The minimum absolute atomic E-state index is 0.208. The number of aliphatic hydroxyl groups is 1. The van der Waals surface area contributed by atoms with Crippen molar-refractivity contribution in [2.45, 2.75) is 45.2 Å². The van der Waals surface area contributed by atoms with Crippen molar-refractivity contribution in [1.29, 1.82) is 0 Å². The Balaban J connectivity index is 2.11. The first kappa shape index (κ1) is 15.4. The predicted molar refractivity (Wildman–Crippen MR) is 80.5 cm³/mol. The van der Waals surface area contributed by atoms with E-state index in [-0.39, 0.29) is 18.6 Å². The van der Waals surface area contributed by atoms with Crippen LogP contribution in [0.25, 0.3) is 0 Å². The number of aryl methyl sites for hydroxylation is 1. The smallest absolute Gasteiger partial charge is 0.275 e. The maximum atomic E-state index is 11.6. The molecule has 1 aliphatic rings. The van der Waals surface area contributed by atoms with Crippen LogP contribution in [0.15, 0.2) is 6.07 Å². The van der Waals surface area contributed by atoms with E-state index in [0.717, 1.165) is 30.0 Å². The van der Waals surface area contributed by atoms with Gasteiger partial charge in [-0.2, -0.15) is 0 Å². The Labute approximate surface area is 123 Å². The maximum absolute atomic E-state index is 11.6. The van der Waals surface area contributed by atoms with E-state index in [1.807, 2.05) is 13.0 Å². The standard InChI is InChI=1S/C14H23N3O2S/c1-10-11(7-13(20-10)14(19)16-15)8-17-6-4-2-3-5-12(17)9-18/h7,12,18H,2-6,8-9,15H2,1H3,(H,16,19). The fraction of sp³-hybridized carbons (Fsp3) is 0.643. The van der Waals surface area contributed by atoms with Gasteiger partial charge in [0.2, 0.25) is 0 Å². The predicted octanol–water partition coefficient (Wildman–Crippen LogP) is 1.40. The molecule has 2 rings (SSSR count). The number of aliphatic hydroxyl groups excluding tert-OH is 1. The fourth-order valence-electron chi connectivity index (χ4n) is 2.73. The van der Waals surface area contributed by atoms with Gasteiger partial charge in [-0.05, 0) is 37.9 Å². The van der Waals surface area contributed by atoms with Crippen LogP contribution in [0, 0.1) is 6.92 Å². The number of hydrogen-bond acceptors (Lipinski definition) is 5. The molecule has 0 aromatic carbocycles. The lowest BCUT2D eigenvalue weighted by molar-refractivity contribution is 0.0957. The average molecular weight is 297 g/mol. The van der Waals surface area contributed by atoms with Crippen molar-refractivity contribution in [2.24, 2.45) is 5.84 Å². The molecule has 1 aliphatic heterocycles. The normalized spacial score (nSPS) is 20.6. The molecule has 1 aromatic heterocycles. The zero-order valence-corrected chi connectivity index (χ0v) is 12.7. The van der Waals surface area contributed by atoms with Crippen LogP contribution in [0.3, 0.4) is 0 Å². The highest BCUT2D eigenvalue weighted by atomic mass is 32.1. The molecule has 2 heterocycles. The van der Waals surface area contributed by atoms with Gasteiger partial charge in [-0.25, -0.2) is 5.84 Å². The second-order valence-electron chi connectivity index (χ2n) is 5.32. The number of hydrogen-bond donors (Lipinski definition) is 3. The molecule has 0 aliphatic carbocycles. The Hall–Kier alpha value is -0.950. The van der Waals surface area contributed by atoms with Crippen molar-refractivity contribution < 1.29 is 9.90 Å². The lowest BCUT2D eigenvalue weighted by Crippen LogP contribution is -2.37. The molecular formula is C14H23N3O2S. The molecule has 112 valence electrons. The third kappa shape index (κ3) is 3.58. The summed E-state index contributed by atoms with van der Waals surface area (Å²) in [6.07, 6.45) is 4.65. The molecule has 5 nitrogen and oxygen atoms in total. The van der Waals surface area contributed by atoms with E-state index in [4.69, 9.17) is 5.84 Å². The number of likely N-dealkylation sites (tertiary alicyclic amines) is 1. The SMILES string of the molecule is Cc1sc(C(=O)NN)cc1CN1CCCCCC1CO. The van der Waals surface area contributed by atoms with Gasteiger partial charge >= 0.3 is 0 Å². The molecule has 6 heteroatoms. The van der Waals surface area contributed by atoms with Crippen LogP contribution >= 0.6 is 11.3 Å². The summed E-state index contributed by atoms with van der Waals surface area (Å²) < 4.78 is 0. The summed E-state index contributed by atoms with van der Waals surface area (Å²) >= 11 is 1.47. The van der Waals surface area contributed by atoms with Gasteiger partial charge in [0.05, 0.1) is 11.5 Å². The molecule has 1 fully saturated rings. The Kier molecular flexibility index (Phi) is 5.54. The second-order valence-corrected chi connectivity index (χ2v) is 6.58. The molecule has 0 bridgehead atoms. The third-order valence-corrected chi connectivity index (χ3v) is 5.05. The van der Waals surface area contributed by atoms with Crippen molar-refractivity contribution in [2.75, 3.05) is 13.2 Å². The van der Waals surface area contributed by atoms with Crippen molar-refractivity contribution in [3.05, 3.63) is 21.4 Å². The summed E-state index contributed by atoms with van der Waals surface area (Å²) in [5.74, 6) is 4.94. The minimum atomic E-state index is -0.237. The molecule has 1 unspecified atom stereocenters. The highest BCUT2D eigenvalue weighted by Gasteiger charge is 2.22. The van der Waals surface area contributed by atoms with Crippen LogP contribution in [0.2, 0.25) is 0 Å².